The Morgan fingerprint density at radius 3 is 2.25 bits per heavy atom. The maximum Gasteiger partial charge on any atom is 0.257 e. The van der Waals surface area contributed by atoms with Gasteiger partial charge in [0, 0.05) is 24.2 Å². The van der Waals surface area contributed by atoms with Gasteiger partial charge in [0.2, 0.25) is 5.56 Å². The van der Waals surface area contributed by atoms with Gasteiger partial charge in [0.1, 0.15) is 0 Å². The summed E-state index contributed by atoms with van der Waals surface area (Å²) in [7, 11) is -3.26. The Hall–Kier alpha value is -2.41. The Bertz CT molecular complexity index is 771. The highest BCUT2D eigenvalue weighted by Gasteiger charge is 2.08. The molecule has 0 aliphatic rings. The van der Waals surface area contributed by atoms with Crippen LogP contribution in [0.4, 0.5) is 5.69 Å². The second-order valence-electron chi connectivity index (χ2n) is 4.19. The van der Waals surface area contributed by atoms with Crippen molar-refractivity contribution in [3.05, 3.63) is 58.5 Å². The molecule has 0 aliphatic carbocycles. The van der Waals surface area contributed by atoms with Crippen molar-refractivity contribution in [2.24, 2.45) is 0 Å². The van der Waals surface area contributed by atoms with Gasteiger partial charge in [-0.25, -0.2) is 8.42 Å². The third-order valence-electron chi connectivity index (χ3n) is 2.59. The predicted octanol–water partition coefficient (Wildman–Crippen LogP) is 1.03. The topological polar surface area (TPSA) is 96.1 Å². The number of nitrogens with one attached hydrogen (secondary N) is 2. The van der Waals surface area contributed by atoms with E-state index in [1.807, 2.05) is 0 Å². The van der Waals surface area contributed by atoms with Crippen LogP contribution in [0.25, 0.3) is 0 Å². The van der Waals surface area contributed by atoms with Gasteiger partial charge in [-0.2, -0.15) is 0 Å². The van der Waals surface area contributed by atoms with Crippen LogP contribution in [-0.2, 0) is 9.84 Å². The molecule has 20 heavy (non-hydrogen) atoms. The summed E-state index contributed by atoms with van der Waals surface area (Å²) in [4.78, 5) is 25.3. The first-order chi connectivity index (χ1) is 9.36. The molecule has 0 fully saturated rings. The first-order valence-electron chi connectivity index (χ1n) is 5.66. The summed E-state index contributed by atoms with van der Waals surface area (Å²) < 4.78 is 22.6. The number of carbonyl (C=O) groups excluding carboxylic acids is 1. The first kappa shape index (κ1) is 14.0. The molecule has 2 N–H and O–H groups in total. The van der Waals surface area contributed by atoms with Gasteiger partial charge in [-0.15, -0.1) is 0 Å². The number of aromatic nitrogens is 1. The molecule has 7 heteroatoms. The molecular formula is C13H12N2O4S. The van der Waals surface area contributed by atoms with E-state index in [0.29, 0.717) is 11.3 Å². The lowest BCUT2D eigenvalue weighted by Crippen LogP contribution is -2.14. The van der Waals surface area contributed by atoms with E-state index in [9.17, 15) is 18.0 Å². The van der Waals surface area contributed by atoms with Gasteiger partial charge in [0.05, 0.1) is 10.5 Å². The number of anilines is 1. The van der Waals surface area contributed by atoms with Crippen LogP contribution in [0, 0.1) is 0 Å². The molecule has 0 spiro atoms. The van der Waals surface area contributed by atoms with E-state index < -0.39 is 15.7 Å². The number of rotatable bonds is 3. The number of pyridine rings is 1. The number of benzene rings is 1. The molecule has 1 heterocycles. The second kappa shape index (κ2) is 5.30. The Morgan fingerprint density at radius 1 is 1.10 bits per heavy atom. The number of hydrogen-bond acceptors (Lipinski definition) is 4. The average molecular weight is 292 g/mol. The minimum atomic E-state index is -3.26. The fourth-order valence-corrected chi connectivity index (χ4v) is 2.17. The average Bonchev–Trinajstić information content (AvgIpc) is 2.39. The maximum absolute atomic E-state index is 11.9. The standard InChI is InChI=1S/C13H12N2O4S/c1-20(18,19)11-5-3-10(4-6-11)15-13(17)9-2-7-12(16)14-8-9/h2-8H,1H3,(H,14,16)(H,15,17). The Kier molecular flexibility index (Phi) is 3.71. The van der Waals surface area contributed by atoms with Gasteiger partial charge in [0.25, 0.3) is 5.91 Å². The quantitative estimate of drug-likeness (QED) is 0.883. The number of carbonyl (C=O) groups is 1. The monoisotopic (exact) mass is 292 g/mol. The summed E-state index contributed by atoms with van der Waals surface area (Å²) >= 11 is 0. The van der Waals surface area contributed by atoms with E-state index in [1.165, 1.54) is 42.6 Å². The van der Waals surface area contributed by atoms with E-state index in [1.54, 1.807) is 0 Å². The van der Waals surface area contributed by atoms with Crippen molar-refractivity contribution in [1.82, 2.24) is 4.98 Å². The molecule has 1 amide bonds. The summed E-state index contributed by atoms with van der Waals surface area (Å²) in [6.45, 7) is 0. The van der Waals surface area contributed by atoms with Crippen molar-refractivity contribution in [3.63, 3.8) is 0 Å². The molecule has 0 aliphatic heterocycles. The molecular weight excluding hydrogens is 280 g/mol. The normalized spacial score (nSPS) is 11.1. The highest BCUT2D eigenvalue weighted by atomic mass is 32.2. The van der Waals surface area contributed by atoms with Crippen LogP contribution in [0.5, 0.6) is 0 Å². The molecule has 0 atom stereocenters. The third kappa shape index (κ3) is 3.33. The molecule has 2 rings (SSSR count). The zero-order valence-electron chi connectivity index (χ0n) is 10.6. The van der Waals surface area contributed by atoms with Gasteiger partial charge in [-0.05, 0) is 30.3 Å². The van der Waals surface area contributed by atoms with Crippen LogP contribution in [0.15, 0.2) is 52.3 Å². The number of amides is 1. The molecule has 1 aromatic heterocycles. The second-order valence-corrected chi connectivity index (χ2v) is 6.21. The summed E-state index contributed by atoms with van der Waals surface area (Å²) in [6.07, 6.45) is 2.42. The van der Waals surface area contributed by atoms with Crippen LogP contribution < -0.4 is 10.9 Å². The van der Waals surface area contributed by atoms with Crippen molar-refractivity contribution in [3.8, 4) is 0 Å². The number of H-pyrrole nitrogens is 1. The van der Waals surface area contributed by atoms with Crippen molar-refractivity contribution in [2.75, 3.05) is 11.6 Å². The number of sulfone groups is 1. The largest absolute Gasteiger partial charge is 0.328 e. The maximum atomic E-state index is 11.9. The van der Waals surface area contributed by atoms with Crippen LogP contribution in [0.2, 0.25) is 0 Å². The van der Waals surface area contributed by atoms with E-state index >= 15 is 0 Å². The molecule has 0 saturated carbocycles. The van der Waals surface area contributed by atoms with Gasteiger partial charge < -0.3 is 10.3 Å². The van der Waals surface area contributed by atoms with Crippen molar-refractivity contribution >= 4 is 21.4 Å². The molecule has 6 nitrogen and oxygen atoms in total. The van der Waals surface area contributed by atoms with Gasteiger partial charge >= 0.3 is 0 Å². The van der Waals surface area contributed by atoms with E-state index in [4.69, 9.17) is 0 Å². The minimum absolute atomic E-state index is 0.180. The summed E-state index contributed by atoms with van der Waals surface area (Å²) in [5.41, 5.74) is 0.476. The lowest BCUT2D eigenvalue weighted by molar-refractivity contribution is 0.102. The number of hydrogen-bond donors (Lipinski definition) is 2. The van der Waals surface area contributed by atoms with Crippen molar-refractivity contribution in [1.29, 1.82) is 0 Å². The first-order valence-corrected chi connectivity index (χ1v) is 7.55. The van der Waals surface area contributed by atoms with Gasteiger partial charge in [-0.1, -0.05) is 0 Å². The Labute approximate surface area is 115 Å². The zero-order chi connectivity index (χ0) is 14.8. The molecule has 0 unspecified atom stereocenters. The predicted molar refractivity (Wildman–Crippen MR) is 74.6 cm³/mol. The molecule has 2 aromatic rings. The van der Waals surface area contributed by atoms with Crippen LogP contribution in [0.1, 0.15) is 10.4 Å². The smallest absolute Gasteiger partial charge is 0.257 e. The van der Waals surface area contributed by atoms with Crippen LogP contribution in [0.3, 0.4) is 0 Å². The molecule has 0 saturated heterocycles. The minimum Gasteiger partial charge on any atom is -0.328 e. The fraction of sp³-hybridized carbons (Fsp3) is 0.0769. The van der Waals surface area contributed by atoms with E-state index in [0.717, 1.165) is 6.26 Å². The summed E-state index contributed by atoms with van der Waals surface area (Å²) in [6, 6.07) is 8.48. The molecule has 0 bridgehead atoms. The van der Waals surface area contributed by atoms with Crippen molar-refractivity contribution < 1.29 is 13.2 Å². The number of aromatic amines is 1. The fourth-order valence-electron chi connectivity index (χ4n) is 1.54. The molecule has 1 aromatic carbocycles. The zero-order valence-corrected chi connectivity index (χ0v) is 11.4. The highest BCUT2D eigenvalue weighted by molar-refractivity contribution is 7.90. The third-order valence-corrected chi connectivity index (χ3v) is 3.72. The van der Waals surface area contributed by atoms with Gasteiger partial charge in [-0.3, -0.25) is 9.59 Å². The van der Waals surface area contributed by atoms with Crippen LogP contribution in [-0.4, -0.2) is 25.6 Å². The van der Waals surface area contributed by atoms with Crippen molar-refractivity contribution in [2.45, 2.75) is 4.90 Å². The Balaban J connectivity index is 2.16. The highest BCUT2D eigenvalue weighted by Crippen LogP contribution is 2.14. The lowest BCUT2D eigenvalue weighted by atomic mass is 10.2. The summed E-state index contributed by atoms with van der Waals surface area (Å²) in [5.74, 6) is -0.395. The SMILES string of the molecule is CS(=O)(=O)c1ccc(NC(=O)c2ccc(=O)[nH]c2)cc1. The van der Waals surface area contributed by atoms with E-state index in [2.05, 4.69) is 10.3 Å². The van der Waals surface area contributed by atoms with Crippen LogP contribution >= 0.6 is 0 Å². The molecule has 0 radical (unpaired) electrons. The summed E-state index contributed by atoms with van der Waals surface area (Å²) in [5, 5.41) is 2.60. The van der Waals surface area contributed by atoms with Gasteiger partial charge in [0.15, 0.2) is 9.84 Å². The Morgan fingerprint density at radius 2 is 1.75 bits per heavy atom. The lowest BCUT2D eigenvalue weighted by Gasteiger charge is -2.05. The molecule has 104 valence electrons. The van der Waals surface area contributed by atoms with E-state index in [-0.39, 0.29) is 10.5 Å².